The largest absolute Gasteiger partial charge is 0.418 e. The van der Waals surface area contributed by atoms with Gasteiger partial charge in [-0.3, -0.25) is 0 Å². The van der Waals surface area contributed by atoms with Gasteiger partial charge in [-0.25, -0.2) is 9.18 Å². The van der Waals surface area contributed by atoms with Gasteiger partial charge in [0.2, 0.25) is 0 Å². The zero-order chi connectivity index (χ0) is 15.2. The second-order valence-corrected chi connectivity index (χ2v) is 5.21. The quantitative estimate of drug-likeness (QED) is 0.300. The lowest BCUT2D eigenvalue weighted by Gasteiger charge is -2.10. The molecule has 108 valence electrons. The normalized spacial score (nSPS) is 10.1. The number of thioether (sulfide) groups is 1. The molecule has 0 fully saturated rings. The Balaban J connectivity index is 2.18. The highest BCUT2D eigenvalue weighted by Crippen LogP contribution is 2.34. The highest BCUT2D eigenvalue weighted by Gasteiger charge is 2.16. The van der Waals surface area contributed by atoms with Gasteiger partial charge in [-0.15, -0.1) is 11.8 Å². The van der Waals surface area contributed by atoms with E-state index in [1.54, 1.807) is 6.07 Å². The van der Waals surface area contributed by atoms with Crippen LogP contribution in [0.4, 0.5) is 10.1 Å². The van der Waals surface area contributed by atoms with Gasteiger partial charge in [-0.05, 0) is 17.7 Å². The molecule has 0 amide bonds. The topological polar surface area (TPSA) is 52.3 Å². The molecule has 2 N–H and O–H groups in total. The third kappa shape index (κ3) is 3.86. The van der Waals surface area contributed by atoms with E-state index in [1.807, 2.05) is 30.3 Å². The van der Waals surface area contributed by atoms with Gasteiger partial charge >= 0.3 is 5.97 Å². The summed E-state index contributed by atoms with van der Waals surface area (Å²) in [6, 6.07) is 12.8. The van der Waals surface area contributed by atoms with E-state index in [2.05, 4.69) is 6.58 Å². The molecule has 0 aromatic heterocycles. The number of carbonyl (C=O) groups excluding carboxylic acids is 1. The summed E-state index contributed by atoms with van der Waals surface area (Å²) in [5.74, 6) is -1.02. The minimum absolute atomic E-state index is 0.0757. The van der Waals surface area contributed by atoms with Gasteiger partial charge in [0, 0.05) is 16.7 Å². The zero-order valence-corrected chi connectivity index (χ0v) is 12.0. The summed E-state index contributed by atoms with van der Waals surface area (Å²) < 4.78 is 19.2. The number of anilines is 1. The zero-order valence-electron chi connectivity index (χ0n) is 11.2. The van der Waals surface area contributed by atoms with Crippen LogP contribution in [-0.2, 0) is 10.5 Å². The average Bonchev–Trinajstić information content (AvgIpc) is 2.51. The lowest BCUT2D eigenvalue weighted by molar-refractivity contribution is -0.129. The second-order valence-electron chi connectivity index (χ2n) is 4.20. The van der Waals surface area contributed by atoms with Crippen molar-refractivity contribution in [3.05, 3.63) is 66.5 Å². The van der Waals surface area contributed by atoms with Crippen LogP contribution in [0.1, 0.15) is 5.56 Å². The number of hydrogen-bond donors (Lipinski definition) is 1. The van der Waals surface area contributed by atoms with Crippen molar-refractivity contribution in [2.24, 2.45) is 0 Å². The molecule has 21 heavy (non-hydrogen) atoms. The molecule has 0 unspecified atom stereocenters. The van der Waals surface area contributed by atoms with Crippen LogP contribution in [0.3, 0.4) is 0 Å². The molecule has 0 heterocycles. The number of ether oxygens (including phenoxy) is 1. The molecule has 0 saturated carbocycles. The average molecular weight is 303 g/mol. The Kier molecular flexibility index (Phi) is 5.00. The number of hydrogen-bond acceptors (Lipinski definition) is 4. The van der Waals surface area contributed by atoms with Gasteiger partial charge < -0.3 is 10.5 Å². The summed E-state index contributed by atoms with van der Waals surface area (Å²) in [4.78, 5) is 11.6. The van der Waals surface area contributed by atoms with Gasteiger partial charge in [-0.2, -0.15) is 0 Å². The third-order valence-corrected chi connectivity index (χ3v) is 3.80. The Hall–Kier alpha value is -2.27. The second kappa shape index (κ2) is 6.95. The number of esters is 1. The van der Waals surface area contributed by atoms with E-state index in [4.69, 9.17) is 10.5 Å². The molecule has 0 saturated heterocycles. The molecule has 0 radical (unpaired) electrons. The van der Waals surface area contributed by atoms with Crippen molar-refractivity contribution in [2.45, 2.75) is 10.6 Å². The summed E-state index contributed by atoms with van der Waals surface area (Å²) in [5.41, 5.74) is 6.79. The number of benzene rings is 2. The number of nitrogen functional groups attached to an aromatic ring is 1. The minimum atomic E-state index is -0.745. The number of carbonyl (C=O) groups is 1. The Labute approximate surface area is 126 Å². The summed E-state index contributed by atoms with van der Waals surface area (Å²) in [6.07, 6.45) is 0.961. The fraction of sp³-hybridized carbons (Fsp3) is 0.0625. The predicted octanol–water partition coefficient (Wildman–Crippen LogP) is 3.79. The van der Waals surface area contributed by atoms with Crippen LogP contribution in [0.25, 0.3) is 0 Å². The van der Waals surface area contributed by atoms with E-state index in [1.165, 1.54) is 17.8 Å². The summed E-state index contributed by atoms with van der Waals surface area (Å²) >= 11 is 1.31. The van der Waals surface area contributed by atoms with Crippen molar-refractivity contribution in [3.63, 3.8) is 0 Å². The first-order valence-electron chi connectivity index (χ1n) is 6.20. The molecule has 0 atom stereocenters. The van der Waals surface area contributed by atoms with Crippen LogP contribution in [0, 0.1) is 5.82 Å². The maximum atomic E-state index is 14.3. The molecule has 0 aliphatic rings. The van der Waals surface area contributed by atoms with E-state index < -0.39 is 11.8 Å². The first-order chi connectivity index (χ1) is 10.1. The Morgan fingerprint density at radius 2 is 2.00 bits per heavy atom. The summed E-state index contributed by atoms with van der Waals surface area (Å²) in [5, 5.41) is 0. The minimum Gasteiger partial charge on any atom is -0.418 e. The number of nitrogens with two attached hydrogens (primary N) is 1. The third-order valence-electron chi connectivity index (χ3n) is 2.70. The van der Waals surface area contributed by atoms with Crippen LogP contribution in [0.15, 0.2) is 60.0 Å². The van der Waals surface area contributed by atoms with E-state index in [0.29, 0.717) is 10.6 Å². The summed E-state index contributed by atoms with van der Waals surface area (Å²) in [6.45, 7) is 3.27. The lowest BCUT2D eigenvalue weighted by atomic mass is 10.2. The standard InChI is InChI=1S/C16H14FNO2S/c1-2-14(19)20-16-12(18)8-9-13(15(16)17)21-10-11-6-4-3-5-7-11/h2-9H,1,10,18H2. The van der Waals surface area contributed by atoms with Gasteiger partial charge in [0.1, 0.15) is 0 Å². The SMILES string of the molecule is C=CC(=O)Oc1c(N)ccc(SCc2ccccc2)c1F. The van der Waals surface area contributed by atoms with Crippen LogP contribution >= 0.6 is 11.8 Å². The van der Waals surface area contributed by atoms with Gasteiger partial charge in [0.25, 0.3) is 0 Å². The van der Waals surface area contributed by atoms with Crippen LogP contribution in [0.2, 0.25) is 0 Å². The first-order valence-corrected chi connectivity index (χ1v) is 7.19. The van der Waals surface area contributed by atoms with Gasteiger partial charge in [-0.1, -0.05) is 36.9 Å². The van der Waals surface area contributed by atoms with Crippen molar-refractivity contribution < 1.29 is 13.9 Å². The summed E-state index contributed by atoms with van der Waals surface area (Å²) in [7, 11) is 0. The van der Waals surface area contributed by atoms with Crippen LogP contribution in [-0.4, -0.2) is 5.97 Å². The highest BCUT2D eigenvalue weighted by atomic mass is 32.2. The number of rotatable bonds is 5. The molecule has 0 aliphatic carbocycles. The predicted molar refractivity (Wildman–Crippen MR) is 82.6 cm³/mol. The van der Waals surface area contributed by atoms with E-state index in [0.717, 1.165) is 11.6 Å². The van der Waals surface area contributed by atoms with Crippen molar-refractivity contribution in [1.82, 2.24) is 0 Å². The van der Waals surface area contributed by atoms with Crippen molar-refractivity contribution in [2.75, 3.05) is 5.73 Å². The molecular weight excluding hydrogens is 289 g/mol. The maximum Gasteiger partial charge on any atom is 0.335 e. The molecule has 0 aliphatic heterocycles. The van der Waals surface area contributed by atoms with Crippen molar-refractivity contribution in [1.29, 1.82) is 0 Å². The monoisotopic (exact) mass is 303 g/mol. The fourth-order valence-electron chi connectivity index (χ4n) is 1.65. The Morgan fingerprint density at radius 3 is 2.67 bits per heavy atom. The highest BCUT2D eigenvalue weighted by molar-refractivity contribution is 7.98. The Bertz CT molecular complexity index is 659. The molecule has 0 bridgehead atoms. The fourth-order valence-corrected chi connectivity index (χ4v) is 2.54. The molecule has 0 spiro atoms. The van der Waals surface area contributed by atoms with Crippen LogP contribution in [0.5, 0.6) is 5.75 Å². The van der Waals surface area contributed by atoms with Gasteiger partial charge in [0.05, 0.1) is 5.69 Å². The van der Waals surface area contributed by atoms with Crippen molar-refractivity contribution >= 4 is 23.4 Å². The Morgan fingerprint density at radius 1 is 1.29 bits per heavy atom. The lowest BCUT2D eigenvalue weighted by Crippen LogP contribution is -2.07. The molecular formula is C16H14FNO2S. The first kappa shape index (κ1) is 15.1. The van der Waals surface area contributed by atoms with E-state index in [9.17, 15) is 9.18 Å². The molecule has 5 heteroatoms. The van der Waals surface area contributed by atoms with Crippen molar-refractivity contribution in [3.8, 4) is 5.75 Å². The molecule has 2 aromatic rings. The number of halogens is 1. The smallest absolute Gasteiger partial charge is 0.335 e. The van der Waals surface area contributed by atoms with E-state index in [-0.39, 0.29) is 11.4 Å². The maximum absolute atomic E-state index is 14.3. The van der Waals surface area contributed by atoms with Gasteiger partial charge in [0.15, 0.2) is 11.6 Å². The van der Waals surface area contributed by atoms with Crippen LogP contribution < -0.4 is 10.5 Å². The van der Waals surface area contributed by atoms with E-state index >= 15 is 0 Å². The molecule has 3 nitrogen and oxygen atoms in total. The molecule has 2 rings (SSSR count). The molecule has 2 aromatic carbocycles.